The molecule has 0 spiro atoms. The second-order valence-corrected chi connectivity index (χ2v) is 4.68. The van der Waals surface area contributed by atoms with Gasteiger partial charge in [-0.3, -0.25) is 9.59 Å². The molecule has 0 saturated carbocycles. The van der Waals surface area contributed by atoms with Crippen LogP contribution in [0.25, 0.3) is 0 Å². The number of methoxy groups -OCH3 is 1. The van der Waals surface area contributed by atoms with E-state index < -0.39 is 5.97 Å². The zero-order valence-corrected chi connectivity index (χ0v) is 11.8. The summed E-state index contributed by atoms with van der Waals surface area (Å²) in [6.07, 6.45) is 5.80. The molecule has 1 rings (SSSR count). The van der Waals surface area contributed by atoms with Crippen LogP contribution in [0.1, 0.15) is 54.9 Å². The van der Waals surface area contributed by atoms with Crippen molar-refractivity contribution < 1.29 is 14.3 Å². The van der Waals surface area contributed by atoms with Crippen LogP contribution in [0.3, 0.4) is 0 Å². The maximum Gasteiger partial charge on any atom is 0.313 e. The van der Waals surface area contributed by atoms with E-state index in [2.05, 4.69) is 11.7 Å². The van der Waals surface area contributed by atoms with Gasteiger partial charge in [0.1, 0.15) is 6.42 Å². The molecule has 0 saturated heterocycles. The lowest BCUT2D eigenvalue weighted by molar-refractivity contribution is -0.139. The van der Waals surface area contributed by atoms with E-state index in [0.717, 1.165) is 6.42 Å². The average molecular weight is 262 g/mol. The van der Waals surface area contributed by atoms with Gasteiger partial charge in [-0.1, -0.05) is 50.5 Å². The van der Waals surface area contributed by atoms with Crippen molar-refractivity contribution in [1.82, 2.24) is 0 Å². The molecular formula is C16H22O3. The minimum atomic E-state index is -0.492. The SMILES string of the molecule is CCCCCCc1ccc(C(=O)CC(=O)OC)cc1. The number of benzene rings is 1. The van der Waals surface area contributed by atoms with E-state index in [9.17, 15) is 9.59 Å². The molecule has 1 aromatic rings. The highest BCUT2D eigenvalue weighted by molar-refractivity contribution is 6.05. The molecule has 0 atom stereocenters. The van der Waals surface area contributed by atoms with Crippen LogP contribution in [0.5, 0.6) is 0 Å². The zero-order valence-electron chi connectivity index (χ0n) is 11.8. The van der Waals surface area contributed by atoms with E-state index in [-0.39, 0.29) is 12.2 Å². The number of ether oxygens (including phenoxy) is 1. The minimum absolute atomic E-state index is 0.188. The lowest BCUT2D eigenvalue weighted by Crippen LogP contribution is -2.09. The molecule has 0 amide bonds. The molecule has 0 unspecified atom stereocenters. The highest BCUT2D eigenvalue weighted by atomic mass is 16.5. The second-order valence-electron chi connectivity index (χ2n) is 4.68. The molecule has 19 heavy (non-hydrogen) atoms. The molecule has 104 valence electrons. The summed E-state index contributed by atoms with van der Waals surface area (Å²) in [6.45, 7) is 2.20. The maximum absolute atomic E-state index is 11.7. The fraction of sp³-hybridized carbons (Fsp3) is 0.500. The Morgan fingerprint density at radius 3 is 2.32 bits per heavy atom. The average Bonchev–Trinajstić information content (AvgIpc) is 2.44. The number of ketones is 1. The Balaban J connectivity index is 2.46. The van der Waals surface area contributed by atoms with E-state index in [1.54, 1.807) is 12.1 Å². The summed E-state index contributed by atoms with van der Waals surface area (Å²) >= 11 is 0. The Morgan fingerprint density at radius 1 is 1.05 bits per heavy atom. The van der Waals surface area contributed by atoms with Gasteiger partial charge in [0.05, 0.1) is 7.11 Å². The van der Waals surface area contributed by atoms with Crippen molar-refractivity contribution >= 4 is 11.8 Å². The first-order valence-corrected chi connectivity index (χ1v) is 6.86. The number of carbonyl (C=O) groups is 2. The molecule has 0 aromatic heterocycles. The van der Waals surface area contributed by atoms with Crippen molar-refractivity contribution in [1.29, 1.82) is 0 Å². The number of carbonyl (C=O) groups excluding carboxylic acids is 2. The predicted molar refractivity (Wildman–Crippen MR) is 75.3 cm³/mol. The van der Waals surface area contributed by atoms with Gasteiger partial charge < -0.3 is 4.74 Å². The Kier molecular flexibility index (Phi) is 6.86. The van der Waals surface area contributed by atoms with E-state index >= 15 is 0 Å². The Hall–Kier alpha value is -1.64. The Labute approximate surface area is 115 Å². The summed E-state index contributed by atoms with van der Waals surface area (Å²) < 4.78 is 4.48. The largest absolute Gasteiger partial charge is 0.469 e. The first-order valence-electron chi connectivity index (χ1n) is 6.86. The summed E-state index contributed by atoms with van der Waals surface area (Å²) in [5.74, 6) is -0.682. The molecule has 0 N–H and O–H groups in total. The highest BCUT2D eigenvalue weighted by Gasteiger charge is 2.11. The first-order chi connectivity index (χ1) is 9.17. The minimum Gasteiger partial charge on any atom is -0.469 e. The molecule has 0 heterocycles. The van der Waals surface area contributed by atoms with Gasteiger partial charge in [0, 0.05) is 5.56 Å². The van der Waals surface area contributed by atoms with Gasteiger partial charge in [-0.25, -0.2) is 0 Å². The topological polar surface area (TPSA) is 43.4 Å². The van der Waals surface area contributed by atoms with Gasteiger partial charge in [-0.15, -0.1) is 0 Å². The molecule has 3 heteroatoms. The molecule has 0 aliphatic heterocycles. The van der Waals surface area contributed by atoms with Gasteiger partial charge in [-0.05, 0) is 18.4 Å². The summed E-state index contributed by atoms with van der Waals surface area (Å²) in [6, 6.07) is 7.52. The van der Waals surface area contributed by atoms with Crippen LogP contribution in [0.2, 0.25) is 0 Å². The van der Waals surface area contributed by atoms with E-state index in [0.29, 0.717) is 5.56 Å². The third-order valence-electron chi connectivity index (χ3n) is 3.13. The quantitative estimate of drug-likeness (QED) is 0.311. The van der Waals surface area contributed by atoms with Crippen LogP contribution in [0.4, 0.5) is 0 Å². The summed E-state index contributed by atoms with van der Waals surface area (Å²) in [7, 11) is 1.29. The van der Waals surface area contributed by atoms with Crippen LogP contribution in [0, 0.1) is 0 Å². The molecule has 0 aliphatic carbocycles. The fourth-order valence-electron chi connectivity index (χ4n) is 1.92. The third kappa shape index (κ3) is 5.69. The van der Waals surface area contributed by atoms with E-state index in [1.165, 1.54) is 38.4 Å². The lowest BCUT2D eigenvalue weighted by atomic mass is 10.0. The molecule has 0 bridgehead atoms. The normalized spacial score (nSPS) is 10.2. The summed E-state index contributed by atoms with van der Waals surface area (Å²) in [4.78, 5) is 22.7. The lowest BCUT2D eigenvalue weighted by Gasteiger charge is -2.03. The van der Waals surface area contributed by atoms with Crippen molar-refractivity contribution in [2.45, 2.75) is 45.4 Å². The smallest absolute Gasteiger partial charge is 0.313 e. The van der Waals surface area contributed by atoms with Crippen LogP contribution in [-0.4, -0.2) is 18.9 Å². The zero-order chi connectivity index (χ0) is 14.1. The number of rotatable bonds is 8. The summed E-state index contributed by atoms with van der Waals surface area (Å²) in [5, 5.41) is 0. The number of aryl methyl sites for hydroxylation is 1. The molecule has 3 nitrogen and oxygen atoms in total. The number of esters is 1. The third-order valence-corrected chi connectivity index (χ3v) is 3.13. The van der Waals surface area contributed by atoms with Gasteiger partial charge in [0.15, 0.2) is 5.78 Å². The number of hydrogen-bond donors (Lipinski definition) is 0. The van der Waals surface area contributed by atoms with Gasteiger partial charge in [0.25, 0.3) is 0 Å². The predicted octanol–water partition coefficient (Wildman–Crippen LogP) is 3.56. The molecule has 0 aliphatic rings. The molecule has 0 fully saturated rings. The Morgan fingerprint density at radius 2 is 1.74 bits per heavy atom. The maximum atomic E-state index is 11.7. The van der Waals surface area contributed by atoms with Crippen molar-refractivity contribution in [3.05, 3.63) is 35.4 Å². The van der Waals surface area contributed by atoms with E-state index in [4.69, 9.17) is 0 Å². The Bertz CT molecular complexity index is 407. The van der Waals surface area contributed by atoms with Crippen molar-refractivity contribution in [2.24, 2.45) is 0 Å². The number of unbranched alkanes of at least 4 members (excludes halogenated alkanes) is 3. The van der Waals surface area contributed by atoms with Gasteiger partial charge in [0.2, 0.25) is 0 Å². The first kappa shape index (κ1) is 15.4. The van der Waals surface area contributed by atoms with Crippen LogP contribution < -0.4 is 0 Å². The van der Waals surface area contributed by atoms with Crippen LogP contribution in [-0.2, 0) is 16.0 Å². The molecule has 0 radical (unpaired) electrons. The van der Waals surface area contributed by atoms with Crippen molar-refractivity contribution in [3.63, 3.8) is 0 Å². The molecular weight excluding hydrogens is 240 g/mol. The van der Waals surface area contributed by atoms with Crippen molar-refractivity contribution in [3.8, 4) is 0 Å². The summed E-state index contributed by atoms with van der Waals surface area (Å²) in [5.41, 5.74) is 1.81. The second kappa shape index (κ2) is 8.46. The van der Waals surface area contributed by atoms with Gasteiger partial charge >= 0.3 is 5.97 Å². The highest BCUT2D eigenvalue weighted by Crippen LogP contribution is 2.11. The standard InChI is InChI=1S/C16H22O3/c1-3-4-5-6-7-13-8-10-14(11-9-13)15(17)12-16(18)19-2/h8-11H,3-7,12H2,1-2H3. The van der Waals surface area contributed by atoms with Crippen molar-refractivity contribution in [2.75, 3.05) is 7.11 Å². The van der Waals surface area contributed by atoms with Crippen LogP contribution in [0.15, 0.2) is 24.3 Å². The van der Waals surface area contributed by atoms with Gasteiger partial charge in [-0.2, -0.15) is 0 Å². The monoisotopic (exact) mass is 262 g/mol. The number of Topliss-reactive ketones (excluding diaryl/α,β-unsaturated/α-hetero) is 1. The van der Waals surface area contributed by atoms with Crippen LogP contribution >= 0.6 is 0 Å². The number of hydrogen-bond acceptors (Lipinski definition) is 3. The molecule has 1 aromatic carbocycles. The fourth-order valence-corrected chi connectivity index (χ4v) is 1.92. The van der Waals surface area contributed by atoms with E-state index in [1.807, 2.05) is 12.1 Å².